The van der Waals surface area contributed by atoms with Gasteiger partial charge in [0.25, 0.3) is 11.8 Å². The molecular weight excluding hydrogens is 364 g/mol. The summed E-state index contributed by atoms with van der Waals surface area (Å²) in [7, 11) is 0. The molecule has 1 N–H and O–H groups in total. The van der Waals surface area contributed by atoms with Crippen LogP contribution >= 0.6 is 0 Å². The average Bonchev–Trinajstić information content (AvgIpc) is 3.28. The second-order valence-electron chi connectivity index (χ2n) is 7.32. The summed E-state index contributed by atoms with van der Waals surface area (Å²) in [5.74, 6) is -0.219. The number of carbonyl (C=O) groups excluding carboxylic acids is 2. The first-order valence-corrected chi connectivity index (χ1v) is 9.94. The molecule has 29 heavy (non-hydrogen) atoms. The zero-order valence-corrected chi connectivity index (χ0v) is 16.3. The van der Waals surface area contributed by atoms with Gasteiger partial charge in [0.05, 0.1) is 6.33 Å². The van der Waals surface area contributed by atoms with Gasteiger partial charge in [-0.25, -0.2) is 4.98 Å². The van der Waals surface area contributed by atoms with Gasteiger partial charge < -0.3 is 14.8 Å². The number of amides is 2. The van der Waals surface area contributed by atoms with Crippen molar-refractivity contribution in [1.82, 2.24) is 14.5 Å². The number of rotatable bonds is 5. The Kier molecular flexibility index (Phi) is 5.70. The van der Waals surface area contributed by atoms with E-state index in [1.807, 2.05) is 39.9 Å². The van der Waals surface area contributed by atoms with Crippen molar-refractivity contribution in [2.24, 2.45) is 0 Å². The van der Waals surface area contributed by atoms with Crippen molar-refractivity contribution < 1.29 is 9.59 Å². The van der Waals surface area contributed by atoms with Crippen LogP contribution in [0.2, 0.25) is 0 Å². The molecule has 148 valence electrons. The van der Waals surface area contributed by atoms with Crippen molar-refractivity contribution in [2.45, 2.75) is 25.8 Å². The van der Waals surface area contributed by atoms with Crippen LogP contribution in [0.3, 0.4) is 0 Å². The third-order valence-corrected chi connectivity index (χ3v) is 5.15. The molecule has 6 nitrogen and oxygen atoms in total. The number of nitrogens with one attached hydrogen (secondary N) is 1. The average molecular weight is 388 g/mol. The van der Waals surface area contributed by atoms with Gasteiger partial charge in [0.1, 0.15) is 0 Å². The highest BCUT2D eigenvalue weighted by Gasteiger charge is 2.19. The summed E-state index contributed by atoms with van der Waals surface area (Å²) in [5, 5.41) is 2.91. The Balaban J connectivity index is 1.41. The van der Waals surface area contributed by atoms with E-state index < -0.39 is 0 Å². The molecule has 0 saturated carbocycles. The molecule has 0 aliphatic carbocycles. The number of hydrogen-bond acceptors (Lipinski definition) is 3. The number of imidazole rings is 1. The Hall–Kier alpha value is -3.41. The Morgan fingerprint density at radius 2 is 1.72 bits per heavy atom. The summed E-state index contributed by atoms with van der Waals surface area (Å²) >= 11 is 0. The summed E-state index contributed by atoms with van der Waals surface area (Å²) in [4.78, 5) is 31.3. The molecule has 2 amide bonds. The van der Waals surface area contributed by atoms with Crippen LogP contribution in [-0.2, 0) is 6.54 Å². The van der Waals surface area contributed by atoms with E-state index >= 15 is 0 Å². The first-order valence-electron chi connectivity index (χ1n) is 9.94. The van der Waals surface area contributed by atoms with Crippen LogP contribution in [-0.4, -0.2) is 39.4 Å². The highest BCUT2D eigenvalue weighted by molar-refractivity contribution is 6.06. The second-order valence-corrected chi connectivity index (χ2v) is 7.32. The minimum absolute atomic E-state index is 0.00297. The smallest absolute Gasteiger partial charge is 0.255 e. The maximum Gasteiger partial charge on any atom is 0.255 e. The van der Waals surface area contributed by atoms with E-state index in [2.05, 4.69) is 10.3 Å². The summed E-state index contributed by atoms with van der Waals surface area (Å²) < 4.78 is 1.98. The quantitative estimate of drug-likeness (QED) is 0.723. The molecule has 1 aliphatic heterocycles. The zero-order chi connectivity index (χ0) is 20.1. The van der Waals surface area contributed by atoms with Gasteiger partial charge in [-0.3, -0.25) is 9.59 Å². The van der Waals surface area contributed by atoms with Crippen LogP contribution in [0.15, 0.2) is 67.3 Å². The molecule has 6 heteroatoms. The molecular formula is C23H24N4O2. The summed E-state index contributed by atoms with van der Waals surface area (Å²) in [6.07, 6.45) is 8.69. The van der Waals surface area contributed by atoms with Gasteiger partial charge >= 0.3 is 0 Å². The number of likely N-dealkylation sites (tertiary alicyclic amines) is 1. The molecule has 1 fully saturated rings. The monoisotopic (exact) mass is 388 g/mol. The van der Waals surface area contributed by atoms with Gasteiger partial charge in [0.2, 0.25) is 0 Å². The van der Waals surface area contributed by atoms with Crippen LogP contribution < -0.4 is 5.32 Å². The molecule has 0 unspecified atom stereocenters. The number of hydrogen-bond donors (Lipinski definition) is 1. The van der Waals surface area contributed by atoms with Crippen molar-refractivity contribution >= 4 is 17.5 Å². The van der Waals surface area contributed by atoms with Crippen LogP contribution in [0.5, 0.6) is 0 Å². The summed E-state index contributed by atoms with van der Waals surface area (Å²) in [6, 6.07) is 14.7. The molecule has 2 aromatic carbocycles. The van der Waals surface area contributed by atoms with E-state index in [1.54, 1.807) is 36.8 Å². The third-order valence-electron chi connectivity index (χ3n) is 5.15. The highest BCUT2D eigenvalue weighted by atomic mass is 16.2. The van der Waals surface area contributed by atoms with Crippen LogP contribution in [0.1, 0.15) is 45.5 Å². The van der Waals surface area contributed by atoms with Gasteiger partial charge in [-0.2, -0.15) is 0 Å². The molecule has 3 aromatic rings. The lowest BCUT2D eigenvalue weighted by atomic mass is 10.1. The number of nitrogens with zero attached hydrogens (tertiary/aromatic N) is 3. The molecule has 2 heterocycles. The van der Waals surface area contributed by atoms with Crippen LogP contribution in [0.25, 0.3) is 0 Å². The first kappa shape index (κ1) is 18.9. The van der Waals surface area contributed by atoms with E-state index in [4.69, 9.17) is 0 Å². The molecule has 0 atom stereocenters. The fraction of sp³-hybridized carbons (Fsp3) is 0.261. The summed E-state index contributed by atoms with van der Waals surface area (Å²) in [6.45, 7) is 2.32. The Morgan fingerprint density at radius 1 is 0.966 bits per heavy atom. The van der Waals surface area contributed by atoms with E-state index in [1.165, 1.54) is 6.42 Å². The molecule has 0 radical (unpaired) electrons. The van der Waals surface area contributed by atoms with Gasteiger partial charge in [0, 0.05) is 48.8 Å². The first-order chi connectivity index (χ1) is 14.2. The predicted molar refractivity (Wildman–Crippen MR) is 112 cm³/mol. The number of anilines is 1. The maximum atomic E-state index is 12.7. The Morgan fingerprint density at radius 3 is 2.45 bits per heavy atom. The second kappa shape index (κ2) is 8.73. The zero-order valence-electron chi connectivity index (χ0n) is 16.3. The SMILES string of the molecule is O=C(Nc1ccc(Cn2ccnc2)cc1)c1cccc(C(=O)N2CCCCC2)c1. The van der Waals surface area contributed by atoms with Crippen molar-refractivity contribution in [3.63, 3.8) is 0 Å². The Bertz CT molecular complexity index is 974. The molecule has 0 bridgehead atoms. The van der Waals surface area contributed by atoms with Crippen molar-refractivity contribution in [1.29, 1.82) is 0 Å². The highest BCUT2D eigenvalue weighted by Crippen LogP contribution is 2.16. The van der Waals surface area contributed by atoms with Crippen LogP contribution in [0, 0.1) is 0 Å². The largest absolute Gasteiger partial charge is 0.339 e. The lowest BCUT2D eigenvalue weighted by Crippen LogP contribution is -2.35. The van der Waals surface area contributed by atoms with E-state index in [0.29, 0.717) is 11.1 Å². The fourth-order valence-corrected chi connectivity index (χ4v) is 3.56. The van der Waals surface area contributed by atoms with E-state index in [0.717, 1.165) is 43.7 Å². The third kappa shape index (κ3) is 4.71. The standard InChI is InChI=1S/C23H24N4O2/c28-22(25-21-9-7-18(8-10-21)16-26-14-11-24-17-26)19-5-4-6-20(15-19)23(29)27-12-2-1-3-13-27/h4-11,14-15,17H,1-3,12-13,16H2,(H,25,28). The molecule has 0 spiro atoms. The Labute approximate surface area is 170 Å². The van der Waals surface area contributed by atoms with Crippen molar-refractivity contribution in [3.8, 4) is 0 Å². The number of piperidine rings is 1. The van der Waals surface area contributed by atoms with Gasteiger partial charge in [-0.1, -0.05) is 18.2 Å². The topological polar surface area (TPSA) is 67.2 Å². The maximum absolute atomic E-state index is 12.7. The molecule has 1 aromatic heterocycles. The van der Waals surface area contributed by atoms with Crippen molar-refractivity contribution in [2.75, 3.05) is 18.4 Å². The number of carbonyl (C=O) groups is 2. The lowest BCUT2D eigenvalue weighted by Gasteiger charge is -2.26. The molecule has 4 rings (SSSR count). The van der Waals surface area contributed by atoms with Crippen molar-refractivity contribution in [3.05, 3.63) is 83.9 Å². The van der Waals surface area contributed by atoms with Crippen LogP contribution in [0.4, 0.5) is 5.69 Å². The normalized spacial score (nSPS) is 13.9. The molecule has 1 aliphatic rings. The van der Waals surface area contributed by atoms with E-state index in [9.17, 15) is 9.59 Å². The van der Waals surface area contributed by atoms with Gasteiger partial charge in [-0.05, 0) is 55.2 Å². The predicted octanol–water partition coefficient (Wildman–Crippen LogP) is 3.81. The molecule has 1 saturated heterocycles. The van der Waals surface area contributed by atoms with Gasteiger partial charge in [0.15, 0.2) is 0 Å². The minimum atomic E-state index is -0.222. The summed E-state index contributed by atoms with van der Waals surface area (Å²) in [5.41, 5.74) is 2.89. The lowest BCUT2D eigenvalue weighted by molar-refractivity contribution is 0.0724. The van der Waals surface area contributed by atoms with Gasteiger partial charge in [-0.15, -0.1) is 0 Å². The minimum Gasteiger partial charge on any atom is -0.339 e. The number of benzene rings is 2. The number of aromatic nitrogens is 2. The van der Waals surface area contributed by atoms with E-state index in [-0.39, 0.29) is 11.8 Å². The fourth-order valence-electron chi connectivity index (χ4n) is 3.56.